The van der Waals surface area contributed by atoms with Crippen molar-refractivity contribution in [3.63, 3.8) is 0 Å². The van der Waals surface area contributed by atoms with Gasteiger partial charge in [0.15, 0.2) is 6.61 Å². The number of aromatic nitrogens is 1. The van der Waals surface area contributed by atoms with Crippen molar-refractivity contribution in [2.45, 2.75) is 18.8 Å². The molecule has 1 fully saturated rings. The van der Waals surface area contributed by atoms with Crippen LogP contribution < -0.4 is 4.74 Å². The molecule has 2 aromatic carbocycles. The quantitative estimate of drug-likeness (QED) is 0.455. The molecule has 0 spiro atoms. The molecular formula is C22H23N3O3S. The summed E-state index contributed by atoms with van der Waals surface area (Å²) in [6.45, 7) is 1.38. The van der Waals surface area contributed by atoms with Gasteiger partial charge in [-0.1, -0.05) is 17.3 Å². The molecule has 0 N–H and O–H groups in total. The number of carbonyl (C=O) groups is 1. The number of hydrogen-bond acceptors (Lipinski definition) is 6. The van der Waals surface area contributed by atoms with Crippen LogP contribution in [0.1, 0.15) is 29.3 Å². The molecule has 1 aliphatic heterocycles. The first-order valence-corrected chi connectivity index (χ1v) is 10.5. The Morgan fingerprint density at radius 3 is 2.90 bits per heavy atom. The molecule has 0 aliphatic carbocycles. The summed E-state index contributed by atoms with van der Waals surface area (Å²) in [5, 5.41) is 5.03. The summed E-state index contributed by atoms with van der Waals surface area (Å²) in [6.07, 6.45) is 3.62. The van der Waals surface area contributed by atoms with Crippen molar-refractivity contribution in [2.75, 3.05) is 26.8 Å². The zero-order valence-electron chi connectivity index (χ0n) is 16.3. The molecule has 2 heterocycles. The maximum absolute atomic E-state index is 12.5. The summed E-state index contributed by atoms with van der Waals surface area (Å²) >= 11 is 1.73. The van der Waals surface area contributed by atoms with Gasteiger partial charge in [0.2, 0.25) is 0 Å². The number of thiazole rings is 1. The van der Waals surface area contributed by atoms with Gasteiger partial charge in [-0.05, 0) is 54.8 Å². The standard InChI is InChI=1S/C22H23N3O3S/c1-27-18-10-8-16(9-11-18)13-23-28-15-21(26)25-12-4-5-17(14-25)22-24-19-6-2-3-7-20(19)29-22/h2-3,6-11,13,17H,4-5,12,14-15H2,1H3/b23-13-/t17-/m1/s1. The minimum atomic E-state index is -0.0563. The Balaban J connectivity index is 1.30. The van der Waals surface area contributed by atoms with Crippen LogP contribution in [-0.4, -0.2) is 48.8 Å². The van der Waals surface area contributed by atoms with Gasteiger partial charge < -0.3 is 14.5 Å². The molecule has 6 nitrogen and oxygen atoms in total. The third-order valence-electron chi connectivity index (χ3n) is 5.01. The topological polar surface area (TPSA) is 64.0 Å². The summed E-state index contributed by atoms with van der Waals surface area (Å²) in [5.74, 6) is 1.03. The molecule has 3 aromatic rings. The van der Waals surface area contributed by atoms with E-state index in [0.717, 1.165) is 41.2 Å². The molecule has 4 rings (SSSR count). The SMILES string of the molecule is COc1ccc(/C=N\OCC(=O)N2CCC[C@@H](c3nc4ccccc4s3)C2)cc1. The van der Waals surface area contributed by atoms with Gasteiger partial charge in [-0.15, -0.1) is 11.3 Å². The van der Waals surface area contributed by atoms with E-state index in [0.29, 0.717) is 6.54 Å². The number of likely N-dealkylation sites (tertiary alicyclic amines) is 1. The third-order valence-corrected chi connectivity index (χ3v) is 6.21. The summed E-state index contributed by atoms with van der Waals surface area (Å²) in [4.78, 5) is 24.4. The number of nitrogens with zero attached hydrogens (tertiary/aromatic N) is 3. The van der Waals surface area contributed by atoms with Crippen molar-refractivity contribution in [1.29, 1.82) is 0 Å². The minimum Gasteiger partial charge on any atom is -0.497 e. The average molecular weight is 410 g/mol. The van der Waals surface area contributed by atoms with Crippen molar-refractivity contribution in [2.24, 2.45) is 5.16 Å². The Labute approximate surface area is 173 Å². The van der Waals surface area contributed by atoms with Gasteiger partial charge in [0, 0.05) is 19.0 Å². The largest absolute Gasteiger partial charge is 0.497 e. The average Bonchev–Trinajstić information content (AvgIpc) is 3.21. The van der Waals surface area contributed by atoms with Crippen LogP contribution in [0.2, 0.25) is 0 Å². The number of carbonyl (C=O) groups excluding carboxylic acids is 1. The summed E-state index contributed by atoms with van der Waals surface area (Å²) in [5.41, 5.74) is 1.92. The second kappa shape index (κ2) is 9.05. The molecule has 7 heteroatoms. The van der Waals surface area contributed by atoms with Crippen molar-refractivity contribution in [1.82, 2.24) is 9.88 Å². The maximum Gasteiger partial charge on any atom is 0.263 e. The number of amides is 1. The highest BCUT2D eigenvalue weighted by atomic mass is 32.1. The number of ether oxygens (including phenoxy) is 1. The first-order chi connectivity index (χ1) is 14.2. The van der Waals surface area contributed by atoms with Crippen LogP contribution in [0.4, 0.5) is 0 Å². The number of piperidine rings is 1. The number of hydrogen-bond donors (Lipinski definition) is 0. The van der Waals surface area contributed by atoms with Crippen molar-refractivity contribution in [3.05, 3.63) is 59.1 Å². The van der Waals surface area contributed by atoms with Gasteiger partial charge >= 0.3 is 0 Å². The van der Waals surface area contributed by atoms with E-state index < -0.39 is 0 Å². The van der Waals surface area contributed by atoms with E-state index in [4.69, 9.17) is 14.6 Å². The Kier molecular flexibility index (Phi) is 6.05. The highest BCUT2D eigenvalue weighted by Gasteiger charge is 2.27. The van der Waals surface area contributed by atoms with Crippen molar-refractivity contribution >= 4 is 33.7 Å². The number of benzene rings is 2. The van der Waals surface area contributed by atoms with E-state index in [1.165, 1.54) is 4.70 Å². The highest BCUT2D eigenvalue weighted by Crippen LogP contribution is 2.32. The monoisotopic (exact) mass is 409 g/mol. The summed E-state index contributed by atoms with van der Waals surface area (Å²) < 4.78 is 6.32. The molecule has 1 aromatic heterocycles. The van der Waals surface area contributed by atoms with Gasteiger partial charge in [-0.2, -0.15) is 0 Å². The summed E-state index contributed by atoms with van der Waals surface area (Å²) in [7, 11) is 1.62. The van der Waals surface area contributed by atoms with E-state index in [9.17, 15) is 4.79 Å². The molecule has 1 aliphatic rings. The predicted octanol–water partition coefficient (Wildman–Crippen LogP) is 4.06. The molecule has 0 bridgehead atoms. The number of fused-ring (bicyclic) bond motifs is 1. The Bertz CT molecular complexity index is 967. The predicted molar refractivity (Wildman–Crippen MR) is 115 cm³/mol. The molecule has 1 atom stereocenters. The molecule has 1 amide bonds. The molecule has 0 saturated carbocycles. The molecule has 150 valence electrons. The van der Waals surface area contributed by atoms with Crippen LogP contribution in [0.3, 0.4) is 0 Å². The van der Waals surface area contributed by atoms with Crippen LogP contribution in [-0.2, 0) is 9.63 Å². The van der Waals surface area contributed by atoms with Gasteiger partial charge in [0.05, 0.1) is 28.5 Å². The van der Waals surface area contributed by atoms with Crippen LogP contribution in [0, 0.1) is 0 Å². The Morgan fingerprint density at radius 1 is 1.28 bits per heavy atom. The number of oxime groups is 1. The van der Waals surface area contributed by atoms with Crippen LogP contribution in [0.15, 0.2) is 53.7 Å². The number of para-hydroxylation sites is 1. The first kappa shape index (κ1) is 19.4. The zero-order valence-corrected chi connectivity index (χ0v) is 17.1. The van der Waals surface area contributed by atoms with Gasteiger partial charge in [0.1, 0.15) is 5.75 Å². The fourth-order valence-corrected chi connectivity index (χ4v) is 4.53. The highest BCUT2D eigenvalue weighted by molar-refractivity contribution is 7.18. The normalized spacial score (nSPS) is 17.0. The molecular weight excluding hydrogens is 386 g/mol. The fraction of sp³-hybridized carbons (Fsp3) is 0.318. The minimum absolute atomic E-state index is 0.0392. The second-order valence-corrected chi connectivity index (χ2v) is 8.04. The maximum atomic E-state index is 12.5. The smallest absolute Gasteiger partial charge is 0.263 e. The lowest BCUT2D eigenvalue weighted by Gasteiger charge is -2.31. The number of methoxy groups -OCH3 is 1. The third kappa shape index (κ3) is 4.74. The lowest BCUT2D eigenvalue weighted by Crippen LogP contribution is -2.40. The van der Waals surface area contributed by atoms with Crippen LogP contribution >= 0.6 is 11.3 Å². The van der Waals surface area contributed by atoms with Crippen molar-refractivity contribution < 1.29 is 14.4 Å². The fourth-order valence-electron chi connectivity index (χ4n) is 3.44. The Morgan fingerprint density at radius 2 is 2.10 bits per heavy atom. The summed E-state index contributed by atoms with van der Waals surface area (Å²) in [6, 6.07) is 15.6. The van der Waals surface area contributed by atoms with Gasteiger partial charge in [0.25, 0.3) is 5.91 Å². The molecule has 1 saturated heterocycles. The molecule has 0 radical (unpaired) electrons. The Hall–Kier alpha value is -2.93. The van der Waals surface area contributed by atoms with Crippen molar-refractivity contribution in [3.8, 4) is 5.75 Å². The number of rotatable bonds is 6. The van der Waals surface area contributed by atoms with E-state index in [-0.39, 0.29) is 18.4 Å². The van der Waals surface area contributed by atoms with Crippen LogP contribution in [0.5, 0.6) is 5.75 Å². The van der Waals surface area contributed by atoms with Gasteiger partial charge in [-0.3, -0.25) is 4.79 Å². The lowest BCUT2D eigenvalue weighted by atomic mass is 9.99. The molecule has 0 unspecified atom stereocenters. The zero-order chi connectivity index (χ0) is 20.1. The van der Waals surface area contributed by atoms with Crippen LogP contribution in [0.25, 0.3) is 10.2 Å². The van der Waals surface area contributed by atoms with E-state index >= 15 is 0 Å². The van der Waals surface area contributed by atoms with Gasteiger partial charge in [-0.25, -0.2) is 4.98 Å². The van der Waals surface area contributed by atoms with E-state index in [1.807, 2.05) is 47.4 Å². The lowest BCUT2D eigenvalue weighted by molar-refractivity contribution is -0.137. The van der Waals surface area contributed by atoms with E-state index in [2.05, 4.69) is 11.2 Å². The second-order valence-electron chi connectivity index (χ2n) is 6.98. The molecule has 29 heavy (non-hydrogen) atoms. The first-order valence-electron chi connectivity index (χ1n) is 9.65. The van der Waals surface area contributed by atoms with E-state index in [1.54, 1.807) is 24.7 Å².